The van der Waals surface area contributed by atoms with E-state index in [1.807, 2.05) is 18.2 Å². The second-order valence-corrected chi connectivity index (χ2v) is 6.04. The smallest absolute Gasteiger partial charge is 0.274 e. The third-order valence-corrected chi connectivity index (χ3v) is 4.27. The van der Waals surface area contributed by atoms with Crippen LogP contribution in [-0.2, 0) is 6.54 Å². The Bertz CT molecular complexity index is 985. The number of carbonyl (C=O) groups is 1. The zero-order valence-corrected chi connectivity index (χ0v) is 14.6. The van der Waals surface area contributed by atoms with Crippen molar-refractivity contribution in [2.24, 2.45) is 0 Å². The minimum Gasteiger partial charge on any atom is -0.486 e. The van der Waals surface area contributed by atoms with Crippen LogP contribution in [0.2, 0.25) is 0 Å². The number of halogens is 1. The van der Waals surface area contributed by atoms with Gasteiger partial charge in [-0.25, -0.2) is 9.07 Å². The first kappa shape index (κ1) is 17.0. The summed E-state index contributed by atoms with van der Waals surface area (Å²) in [6.07, 6.45) is 0. The van der Waals surface area contributed by atoms with E-state index in [1.54, 1.807) is 19.1 Å². The highest BCUT2D eigenvalue weighted by Gasteiger charge is 2.19. The topological polar surface area (TPSA) is 78.3 Å². The fourth-order valence-electron chi connectivity index (χ4n) is 2.90. The molecule has 1 aliphatic heterocycles. The van der Waals surface area contributed by atoms with Crippen LogP contribution in [0.3, 0.4) is 0 Å². The summed E-state index contributed by atoms with van der Waals surface area (Å²) >= 11 is 0. The van der Waals surface area contributed by atoms with Gasteiger partial charge in [0, 0.05) is 12.1 Å². The maximum atomic E-state index is 13.1. The quantitative estimate of drug-likeness (QED) is 0.765. The molecule has 0 spiro atoms. The van der Waals surface area contributed by atoms with E-state index in [1.165, 1.54) is 16.8 Å². The molecule has 8 heteroatoms. The lowest BCUT2D eigenvalue weighted by Gasteiger charge is -2.21. The van der Waals surface area contributed by atoms with Gasteiger partial charge in [0.1, 0.15) is 19.0 Å². The number of nitrogens with zero attached hydrogens (tertiary/aromatic N) is 3. The molecule has 0 radical (unpaired) electrons. The zero-order chi connectivity index (χ0) is 18.8. The first-order valence-corrected chi connectivity index (χ1v) is 8.47. The van der Waals surface area contributed by atoms with Crippen LogP contribution < -0.4 is 14.8 Å². The Morgan fingerprint density at radius 3 is 2.78 bits per heavy atom. The van der Waals surface area contributed by atoms with Crippen LogP contribution >= 0.6 is 0 Å². The molecule has 2 aromatic carbocycles. The van der Waals surface area contributed by atoms with Crippen LogP contribution in [-0.4, -0.2) is 34.1 Å². The number of hydrogen-bond acceptors (Lipinski definition) is 5. The summed E-state index contributed by atoms with van der Waals surface area (Å²) in [4.78, 5) is 12.5. The van der Waals surface area contributed by atoms with Crippen LogP contribution in [0.4, 0.5) is 4.39 Å². The van der Waals surface area contributed by atoms with Crippen molar-refractivity contribution in [3.63, 3.8) is 0 Å². The Morgan fingerprint density at radius 1 is 1.19 bits per heavy atom. The third-order valence-electron chi connectivity index (χ3n) is 4.27. The molecule has 1 amide bonds. The first-order chi connectivity index (χ1) is 13.1. The van der Waals surface area contributed by atoms with Gasteiger partial charge < -0.3 is 14.8 Å². The molecule has 1 aliphatic rings. The fraction of sp³-hybridized carbons (Fsp3) is 0.211. The Morgan fingerprint density at radius 2 is 1.96 bits per heavy atom. The molecule has 0 saturated carbocycles. The van der Waals surface area contributed by atoms with Crippen molar-refractivity contribution in [1.82, 2.24) is 20.3 Å². The van der Waals surface area contributed by atoms with Gasteiger partial charge in [-0.2, -0.15) is 0 Å². The zero-order valence-electron chi connectivity index (χ0n) is 14.6. The number of para-hydroxylation sites is 1. The van der Waals surface area contributed by atoms with E-state index in [0.29, 0.717) is 36.1 Å². The van der Waals surface area contributed by atoms with E-state index in [0.717, 1.165) is 5.56 Å². The Hall–Kier alpha value is -3.42. The lowest BCUT2D eigenvalue weighted by molar-refractivity contribution is 0.0944. The van der Waals surface area contributed by atoms with Gasteiger partial charge in [-0.05, 0) is 37.3 Å². The number of nitrogens with one attached hydrogen (secondary N) is 1. The summed E-state index contributed by atoms with van der Waals surface area (Å²) in [7, 11) is 0. The van der Waals surface area contributed by atoms with E-state index in [-0.39, 0.29) is 24.0 Å². The van der Waals surface area contributed by atoms with Crippen molar-refractivity contribution in [2.45, 2.75) is 13.5 Å². The normalized spacial score (nSPS) is 12.7. The Kier molecular flexibility index (Phi) is 4.45. The second kappa shape index (κ2) is 7.06. The van der Waals surface area contributed by atoms with Gasteiger partial charge in [-0.15, -0.1) is 5.10 Å². The summed E-state index contributed by atoms with van der Waals surface area (Å²) < 4.78 is 25.8. The Balaban J connectivity index is 1.50. The number of aromatic nitrogens is 3. The molecule has 0 unspecified atom stereocenters. The third kappa shape index (κ3) is 3.33. The van der Waals surface area contributed by atoms with Crippen LogP contribution in [0.15, 0.2) is 42.5 Å². The maximum Gasteiger partial charge on any atom is 0.274 e. The molecule has 3 aromatic rings. The highest BCUT2D eigenvalue weighted by atomic mass is 19.1. The largest absolute Gasteiger partial charge is 0.486 e. The molecule has 7 nitrogen and oxygen atoms in total. The molecule has 0 atom stereocenters. The first-order valence-electron chi connectivity index (χ1n) is 8.47. The van der Waals surface area contributed by atoms with Gasteiger partial charge in [0.2, 0.25) is 0 Å². The average Bonchev–Trinajstić information content (AvgIpc) is 3.08. The number of amides is 1. The summed E-state index contributed by atoms with van der Waals surface area (Å²) in [5.41, 5.74) is 2.22. The molecule has 27 heavy (non-hydrogen) atoms. The summed E-state index contributed by atoms with van der Waals surface area (Å²) in [5.74, 6) is 0.629. The predicted octanol–water partition coefficient (Wildman–Crippen LogP) is 2.42. The summed E-state index contributed by atoms with van der Waals surface area (Å²) in [5, 5.41) is 10.8. The highest BCUT2D eigenvalue weighted by molar-refractivity contribution is 5.93. The molecule has 0 fully saturated rings. The van der Waals surface area contributed by atoms with Crippen molar-refractivity contribution >= 4 is 5.91 Å². The van der Waals surface area contributed by atoms with Crippen LogP contribution in [0, 0.1) is 12.7 Å². The van der Waals surface area contributed by atoms with E-state index in [2.05, 4.69) is 15.6 Å². The van der Waals surface area contributed by atoms with Gasteiger partial charge in [-0.1, -0.05) is 17.3 Å². The standard InChI is InChI=1S/C19H17FN4O3/c1-12-17(22-23-24(12)15-7-5-14(20)6-8-15)19(25)21-11-13-3-2-4-16-18(13)27-10-9-26-16/h2-8H,9-11H2,1H3,(H,21,25). The van der Waals surface area contributed by atoms with Crippen LogP contribution in [0.1, 0.15) is 21.7 Å². The molecule has 4 rings (SSSR count). The van der Waals surface area contributed by atoms with Gasteiger partial charge in [0.25, 0.3) is 5.91 Å². The van der Waals surface area contributed by atoms with Crippen LogP contribution in [0.5, 0.6) is 11.5 Å². The molecule has 1 aromatic heterocycles. The van der Waals surface area contributed by atoms with E-state index in [9.17, 15) is 9.18 Å². The lowest BCUT2D eigenvalue weighted by atomic mass is 10.1. The van der Waals surface area contributed by atoms with Crippen molar-refractivity contribution in [3.8, 4) is 17.2 Å². The van der Waals surface area contributed by atoms with Gasteiger partial charge in [-0.3, -0.25) is 4.79 Å². The summed E-state index contributed by atoms with van der Waals surface area (Å²) in [6.45, 7) is 2.99. The minimum absolute atomic E-state index is 0.210. The van der Waals surface area contributed by atoms with Gasteiger partial charge in [0.15, 0.2) is 17.2 Å². The lowest BCUT2D eigenvalue weighted by Crippen LogP contribution is -2.25. The van der Waals surface area contributed by atoms with Gasteiger partial charge >= 0.3 is 0 Å². The molecule has 0 bridgehead atoms. The predicted molar refractivity (Wildman–Crippen MR) is 94.7 cm³/mol. The average molecular weight is 368 g/mol. The van der Waals surface area contributed by atoms with E-state index >= 15 is 0 Å². The van der Waals surface area contributed by atoms with Crippen molar-refractivity contribution in [1.29, 1.82) is 0 Å². The number of benzene rings is 2. The molecule has 1 N–H and O–H groups in total. The monoisotopic (exact) mass is 368 g/mol. The number of carbonyl (C=O) groups excluding carboxylic acids is 1. The molecular formula is C19H17FN4O3. The van der Waals surface area contributed by atoms with Crippen molar-refractivity contribution < 1.29 is 18.7 Å². The number of rotatable bonds is 4. The fourth-order valence-corrected chi connectivity index (χ4v) is 2.90. The molecule has 138 valence electrons. The molecular weight excluding hydrogens is 351 g/mol. The molecule has 0 saturated heterocycles. The van der Waals surface area contributed by atoms with Crippen molar-refractivity contribution in [3.05, 3.63) is 65.2 Å². The summed E-state index contributed by atoms with van der Waals surface area (Å²) in [6, 6.07) is 11.4. The molecule has 2 heterocycles. The number of ether oxygens (including phenoxy) is 2. The van der Waals surface area contributed by atoms with Gasteiger partial charge in [0.05, 0.1) is 11.4 Å². The molecule has 0 aliphatic carbocycles. The number of hydrogen-bond donors (Lipinski definition) is 1. The van der Waals surface area contributed by atoms with E-state index in [4.69, 9.17) is 9.47 Å². The highest BCUT2D eigenvalue weighted by Crippen LogP contribution is 2.33. The number of fused-ring (bicyclic) bond motifs is 1. The van der Waals surface area contributed by atoms with Crippen molar-refractivity contribution in [2.75, 3.05) is 13.2 Å². The second-order valence-electron chi connectivity index (χ2n) is 6.04. The minimum atomic E-state index is -0.352. The maximum absolute atomic E-state index is 13.1. The SMILES string of the molecule is Cc1c(C(=O)NCc2cccc3c2OCCO3)nnn1-c1ccc(F)cc1. The van der Waals surface area contributed by atoms with E-state index < -0.39 is 0 Å². The van der Waals surface area contributed by atoms with Crippen LogP contribution in [0.25, 0.3) is 5.69 Å². The Labute approximate surface area is 154 Å².